The molecule has 10 heteroatoms. The van der Waals surface area contributed by atoms with Crippen LogP contribution < -0.4 is 0 Å². The van der Waals surface area contributed by atoms with Gasteiger partial charge in [0.1, 0.15) is 36.6 Å². The van der Waals surface area contributed by atoms with E-state index in [0.29, 0.717) is 0 Å². The Morgan fingerprint density at radius 3 is 2.05 bits per heavy atom. The predicted molar refractivity (Wildman–Crippen MR) is 61.1 cm³/mol. The van der Waals surface area contributed by atoms with Gasteiger partial charge < -0.3 is 50.4 Å². The normalized spacial score (nSPS) is 34.4. The van der Waals surface area contributed by atoms with E-state index < -0.39 is 49.5 Å². The smallest absolute Gasteiger partial charge is 0.183 e. The SMILES string of the molecule is O=C[C@@H](O)[C@H](O)[C@H](O)CO.OC1OC[C@@H](O)[C@@H](O)[C@@H]1O. The number of aliphatic hydroxyl groups excluding tert-OH is 8. The number of aliphatic hydroxyl groups is 8. The van der Waals surface area contributed by atoms with Gasteiger partial charge in [-0.05, 0) is 0 Å². The average Bonchev–Trinajstić information content (AvgIpc) is 2.47. The molecule has 0 radical (unpaired) electrons. The van der Waals surface area contributed by atoms with Crippen LogP contribution in [0.4, 0.5) is 0 Å². The summed E-state index contributed by atoms with van der Waals surface area (Å²) >= 11 is 0. The minimum Gasteiger partial charge on any atom is -0.394 e. The van der Waals surface area contributed by atoms with Gasteiger partial charge in [-0.1, -0.05) is 0 Å². The van der Waals surface area contributed by atoms with Crippen LogP contribution in [-0.2, 0) is 9.53 Å². The zero-order valence-electron chi connectivity index (χ0n) is 10.4. The van der Waals surface area contributed by atoms with Crippen molar-refractivity contribution in [1.29, 1.82) is 0 Å². The molecular weight excluding hydrogens is 280 g/mol. The number of aldehydes is 1. The Labute approximate surface area is 114 Å². The Balaban J connectivity index is 0.000000361. The van der Waals surface area contributed by atoms with Crippen LogP contribution in [0, 0.1) is 0 Å². The third-order valence-corrected chi connectivity index (χ3v) is 2.54. The lowest BCUT2D eigenvalue weighted by Crippen LogP contribution is -2.52. The van der Waals surface area contributed by atoms with Crippen molar-refractivity contribution in [2.45, 2.75) is 42.9 Å². The Kier molecular flexibility index (Phi) is 8.96. The van der Waals surface area contributed by atoms with Crippen molar-refractivity contribution < 1.29 is 50.4 Å². The van der Waals surface area contributed by atoms with E-state index in [-0.39, 0.29) is 12.9 Å². The molecule has 0 amide bonds. The van der Waals surface area contributed by atoms with Gasteiger partial charge in [0, 0.05) is 0 Å². The molecule has 0 spiro atoms. The number of hydrogen-bond donors (Lipinski definition) is 8. The highest BCUT2D eigenvalue weighted by molar-refractivity contribution is 5.56. The molecule has 0 bridgehead atoms. The highest BCUT2D eigenvalue weighted by Crippen LogP contribution is 2.12. The van der Waals surface area contributed by atoms with Gasteiger partial charge in [0.05, 0.1) is 13.2 Å². The largest absolute Gasteiger partial charge is 0.394 e. The second kappa shape index (κ2) is 9.28. The number of hydrogen-bond acceptors (Lipinski definition) is 10. The standard InChI is InChI=1S/2C5H10O5/c6-2-1-10-5(9)4(8)3(2)7;6-1-3(8)5(10)4(9)2-7/h2-9H,1H2;1,3-5,7-10H,2H2/t2-,3-,4+,5?;3-,4-,5+/m11/s1. The van der Waals surface area contributed by atoms with Crippen molar-refractivity contribution in [2.24, 2.45) is 0 Å². The molecule has 0 aromatic rings. The summed E-state index contributed by atoms with van der Waals surface area (Å²) in [4.78, 5) is 9.76. The molecule has 1 rings (SSSR count). The summed E-state index contributed by atoms with van der Waals surface area (Å²) in [6, 6.07) is 0. The van der Waals surface area contributed by atoms with Gasteiger partial charge in [-0.25, -0.2) is 0 Å². The average molecular weight is 300 g/mol. The summed E-state index contributed by atoms with van der Waals surface area (Å²) in [6.07, 6.45) is -9.86. The van der Waals surface area contributed by atoms with Crippen LogP contribution in [0.3, 0.4) is 0 Å². The van der Waals surface area contributed by atoms with Crippen LogP contribution in [0.15, 0.2) is 0 Å². The van der Waals surface area contributed by atoms with Crippen LogP contribution in [0.2, 0.25) is 0 Å². The molecular formula is C10H20O10. The first-order valence-electron chi connectivity index (χ1n) is 5.70. The van der Waals surface area contributed by atoms with Crippen LogP contribution in [0.5, 0.6) is 0 Å². The van der Waals surface area contributed by atoms with Crippen molar-refractivity contribution in [1.82, 2.24) is 0 Å². The molecule has 0 saturated carbocycles. The summed E-state index contributed by atoms with van der Waals surface area (Å²) < 4.78 is 4.47. The zero-order chi connectivity index (χ0) is 15.9. The lowest BCUT2D eigenvalue weighted by molar-refractivity contribution is -0.252. The third kappa shape index (κ3) is 5.75. The van der Waals surface area contributed by atoms with Gasteiger partial charge >= 0.3 is 0 Å². The van der Waals surface area contributed by atoms with Gasteiger partial charge in [0.25, 0.3) is 0 Å². The first kappa shape index (κ1) is 19.3. The van der Waals surface area contributed by atoms with Crippen molar-refractivity contribution in [3.8, 4) is 0 Å². The number of carbonyl (C=O) groups excluding carboxylic acids is 1. The molecule has 0 aromatic carbocycles. The van der Waals surface area contributed by atoms with Crippen molar-refractivity contribution >= 4 is 6.29 Å². The van der Waals surface area contributed by atoms with Crippen LogP contribution >= 0.6 is 0 Å². The van der Waals surface area contributed by atoms with Crippen LogP contribution in [-0.4, -0.2) is 103 Å². The Morgan fingerprint density at radius 2 is 1.65 bits per heavy atom. The van der Waals surface area contributed by atoms with E-state index in [4.69, 9.17) is 40.9 Å². The molecule has 0 aliphatic carbocycles. The second-order valence-corrected chi connectivity index (χ2v) is 4.14. The molecule has 7 atom stereocenters. The van der Waals surface area contributed by atoms with E-state index in [2.05, 4.69) is 4.74 Å². The summed E-state index contributed by atoms with van der Waals surface area (Å²) in [7, 11) is 0. The highest BCUT2D eigenvalue weighted by atomic mass is 16.6. The molecule has 120 valence electrons. The van der Waals surface area contributed by atoms with Crippen LogP contribution in [0.25, 0.3) is 0 Å². The lowest BCUT2D eigenvalue weighted by atomic mass is 10.1. The molecule has 1 saturated heterocycles. The van der Waals surface area contributed by atoms with Gasteiger partial charge in [0.2, 0.25) is 0 Å². The molecule has 20 heavy (non-hydrogen) atoms. The Morgan fingerprint density at radius 1 is 1.10 bits per heavy atom. The summed E-state index contributed by atoms with van der Waals surface area (Å²) in [6.45, 7) is -0.842. The maximum absolute atomic E-state index is 9.76. The lowest BCUT2D eigenvalue weighted by Gasteiger charge is -2.31. The number of rotatable bonds is 4. The van der Waals surface area contributed by atoms with Crippen LogP contribution in [0.1, 0.15) is 0 Å². The van der Waals surface area contributed by atoms with Gasteiger partial charge in [-0.15, -0.1) is 0 Å². The Bertz CT molecular complexity index is 261. The quantitative estimate of drug-likeness (QED) is 0.233. The predicted octanol–water partition coefficient (Wildman–Crippen LogP) is -5.32. The topological polar surface area (TPSA) is 188 Å². The van der Waals surface area contributed by atoms with Crippen molar-refractivity contribution in [3.63, 3.8) is 0 Å². The minimum atomic E-state index is -1.64. The van der Waals surface area contributed by atoms with Crippen molar-refractivity contribution in [2.75, 3.05) is 13.2 Å². The maximum Gasteiger partial charge on any atom is 0.183 e. The van der Waals surface area contributed by atoms with E-state index in [0.717, 1.165) is 0 Å². The molecule has 8 N–H and O–H groups in total. The van der Waals surface area contributed by atoms with Gasteiger partial charge in [0.15, 0.2) is 12.6 Å². The minimum absolute atomic E-state index is 0.0869. The summed E-state index contributed by atoms with van der Waals surface area (Å²) in [5.74, 6) is 0. The van der Waals surface area contributed by atoms with E-state index in [1.54, 1.807) is 0 Å². The first-order valence-corrected chi connectivity index (χ1v) is 5.70. The molecule has 1 unspecified atom stereocenters. The zero-order valence-corrected chi connectivity index (χ0v) is 10.4. The van der Waals surface area contributed by atoms with E-state index >= 15 is 0 Å². The van der Waals surface area contributed by atoms with Gasteiger partial charge in [-0.3, -0.25) is 0 Å². The molecule has 10 nitrogen and oxygen atoms in total. The molecule has 1 aliphatic rings. The van der Waals surface area contributed by atoms with E-state index in [1.807, 2.05) is 0 Å². The van der Waals surface area contributed by atoms with E-state index in [9.17, 15) is 4.79 Å². The number of carbonyl (C=O) groups is 1. The fourth-order valence-electron chi connectivity index (χ4n) is 1.21. The molecule has 1 fully saturated rings. The van der Waals surface area contributed by atoms with E-state index in [1.165, 1.54) is 0 Å². The Hall–Kier alpha value is -0.690. The maximum atomic E-state index is 9.76. The molecule has 0 aromatic heterocycles. The molecule has 1 heterocycles. The van der Waals surface area contributed by atoms with Gasteiger partial charge in [-0.2, -0.15) is 0 Å². The molecule has 1 aliphatic heterocycles. The fourth-order valence-corrected chi connectivity index (χ4v) is 1.21. The number of ether oxygens (including phenoxy) is 1. The second-order valence-electron chi connectivity index (χ2n) is 4.14. The summed E-state index contributed by atoms with van der Waals surface area (Å²) in [5, 5.41) is 69.3. The monoisotopic (exact) mass is 300 g/mol. The van der Waals surface area contributed by atoms with Crippen molar-refractivity contribution in [3.05, 3.63) is 0 Å². The highest BCUT2D eigenvalue weighted by Gasteiger charge is 2.36. The third-order valence-electron chi connectivity index (χ3n) is 2.54. The fraction of sp³-hybridized carbons (Fsp3) is 0.900. The summed E-state index contributed by atoms with van der Waals surface area (Å²) in [5.41, 5.74) is 0. The first-order chi connectivity index (χ1) is 9.26.